The number of nitrogens with one attached hydrogen (secondary N) is 1. The molecule has 0 bridgehead atoms. The van der Waals surface area contributed by atoms with E-state index in [0.717, 1.165) is 6.20 Å². The van der Waals surface area contributed by atoms with Gasteiger partial charge in [-0.15, -0.1) is 0 Å². The number of ether oxygens (including phenoxy) is 1. The summed E-state index contributed by atoms with van der Waals surface area (Å²) in [7, 11) is 0. The third-order valence-corrected chi connectivity index (χ3v) is 1.97. The fourth-order valence-electron chi connectivity index (χ4n) is 1.26. The van der Waals surface area contributed by atoms with E-state index in [-0.39, 0.29) is 16.6 Å². The number of primary amides is 1. The van der Waals surface area contributed by atoms with Crippen LogP contribution in [0.15, 0.2) is 23.5 Å². The van der Waals surface area contributed by atoms with E-state index in [0.29, 0.717) is 0 Å². The summed E-state index contributed by atoms with van der Waals surface area (Å²) in [4.78, 5) is 43.6. The van der Waals surface area contributed by atoms with E-state index < -0.39 is 17.5 Å². The third kappa shape index (κ3) is 1.95. The molecule has 0 unspecified atom stereocenters. The molecule has 0 radical (unpaired) electrons. The number of fused-ring (bicyclic) bond motifs is 1. The Balaban J connectivity index is 2.57. The highest BCUT2D eigenvalue weighted by molar-refractivity contribution is 5.97. The molecular formula is C9H6N4O4. The van der Waals surface area contributed by atoms with Crippen molar-refractivity contribution in [3.8, 4) is 0 Å². The largest absolute Gasteiger partial charge is 0.412 e. The zero-order valence-electron chi connectivity index (χ0n) is 8.34. The maximum Gasteiger partial charge on any atom is 0.412 e. The first kappa shape index (κ1) is 10.7. The minimum atomic E-state index is -1.28. The summed E-state index contributed by atoms with van der Waals surface area (Å²) in [5.74, 6) is -1.12. The van der Waals surface area contributed by atoms with Crippen molar-refractivity contribution in [3.05, 3.63) is 34.5 Å². The van der Waals surface area contributed by atoms with Gasteiger partial charge in [-0.25, -0.2) is 19.6 Å². The number of aromatic nitrogens is 3. The molecule has 0 saturated heterocycles. The second-order valence-corrected chi connectivity index (χ2v) is 3.03. The Hall–Kier alpha value is -2.77. The lowest BCUT2D eigenvalue weighted by Crippen LogP contribution is -2.24. The molecule has 1 amide bonds. The third-order valence-electron chi connectivity index (χ3n) is 1.97. The molecule has 17 heavy (non-hydrogen) atoms. The van der Waals surface area contributed by atoms with Crippen LogP contribution in [0.5, 0.6) is 0 Å². The van der Waals surface area contributed by atoms with Crippen molar-refractivity contribution < 1.29 is 14.3 Å². The van der Waals surface area contributed by atoms with E-state index in [4.69, 9.17) is 0 Å². The van der Waals surface area contributed by atoms with Crippen molar-refractivity contribution in [1.29, 1.82) is 0 Å². The average molecular weight is 234 g/mol. The van der Waals surface area contributed by atoms with Gasteiger partial charge in [-0.1, -0.05) is 0 Å². The summed E-state index contributed by atoms with van der Waals surface area (Å²) < 4.78 is 4.11. The first-order valence-corrected chi connectivity index (χ1v) is 4.42. The van der Waals surface area contributed by atoms with Gasteiger partial charge in [0.05, 0.1) is 5.39 Å². The van der Waals surface area contributed by atoms with Gasteiger partial charge in [0.25, 0.3) is 0 Å². The lowest BCUT2D eigenvalue weighted by atomic mass is 10.2. The van der Waals surface area contributed by atoms with Crippen LogP contribution in [0.1, 0.15) is 10.4 Å². The van der Waals surface area contributed by atoms with Crippen LogP contribution in [0.4, 0.5) is 4.79 Å². The van der Waals surface area contributed by atoms with Crippen LogP contribution in [0.25, 0.3) is 11.0 Å². The summed E-state index contributed by atoms with van der Waals surface area (Å²) >= 11 is 0. The first-order valence-electron chi connectivity index (χ1n) is 4.42. The Labute approximate surface area is 93.4 Å². The Morgan fingerprint density at radius 2 is 2.18 bits per heavy atom. The molecule has 2 rings (SSSR count). The molecule has 0 atom stereocenters. The van der Waals surface area contributed by atoms with E-state index in [1.54, 1.807) is 0 Å². The first-order chi connectivity index (χ1) is 8.09. The standard InChI is InChI=1S/C9H6N4O4/c10-9(16)17-8(15)5-2-12-7-4(6(5)14)1-11-3-13-7/h1-3H,(H2,10,16)(H,11,12,13,14). The highest BCUT2D eigenvalue weighted by atomic mass is 16.6. The van der Waals surface area contributed by atoms with Crippen LogP contribution >= 0.6 is 0 Å². The number of H-pyrrole nitrogens is 1. The molecule has 0 aromatic carbocycles. The molecule has 2 aromatic heterocycles. The van der Waals surface area contributed by atoms with Gasteiger partial charge < -0.3 is 15.5 Å². The molecule has 0 spiro atoms. The van der Waals surface area contributed by atoms with Gasteiger partial charge in [-0.3, -0.25) is 4.79 Å². The molecule has 86 valence electrons. The number of nitrogens with two attached hydrogens (primary N) is 1. The quantitative estimate of drug-likeness (QED) is 0.508. The predicted molar refractivity (Wildman–Crippen MR) is 55.2 cm³/mol. The SMILES string of the molecule is NC(=O)OC(=O)c1c[nH]c2ncncc2c1=O. The van der Waals surface area contributed by atoms with Crippen LogP contribution in [0.3, 0.4) is 0 Å². The lowest BCUT2D eigenvalue weighted by molar-refractivity contribution is 0.0637. The van der Waals surface area contributed by atoms with Crippen molar-refractivity contribution in [1.82, 2.24) is 15.0 Å². The molecule has 0 fully saturated rings. The maximum atomic E-state index is 11.8. The second kappa shape index (κ2) is 4.00. The van der Waals surface area contributed by atoms with Crippen molar-refractivity contribution in [2.75, 3.05) is 0 Å². The summed E-state index contributed by atoms with van der Waals surface area (Å²) in [6, 6.07) is 0. The fourth-order valence-corrected chi connectivity index (χ4v) is 1.26. The molecule has 8 nitrogen and oxygen atoms in total. The minimum absolute atomic E-state index is 0.117. The van der Waals surface area contributed by atoms with Crippen molar-refractivity contribution in [2.24, 2.45) is 5.73 Å². The number of aromatic amines is 1. The van der Waals surface area contributed by atoms with Gasteiger partial charge in [0.1, 0.15) is 17.5 Å². The van der Waals surface area contributed by atoms with E-state index in [2.05, 4.69) is 25.4 Å². The molecular weight excluding hydrogens is 228 g/mol. The van der Waals surface area contributed by atoms with Crippen molar-refractivity contribution in [3.63, 3.8) is 0 Å². The maximum absolute atomic E-state index is 11.8. The number of esters is 1. The molecule has 2 aromatic rings. The van der Waals surface area contributed by atoms with Gasteiger partial charge >= 0.3 is 12.1 Å². The number of pyridine rings is 1. The van der Waals surface area contributed by atoms with Crippen LogP contribution < -0.4 is 11.2 Å². The van der Waals surface area contributed by atoms with Gasteiger partial charge in [-0.2, -0.15) is 0 Å². The van der Waals surface area contributed by atoms with Crippen molar-refractivity contribution in [2.45, 2.75) is 0 Å². The minimum Gasteiger partial charge on any atom is -0.373 e. The Morgan fingerprint density at radius 3 is 2.88 bits per heavy atom. The van der Waals surface area contributed by atoms with E-state index in [1.165, 1.54) is 12.5 Å². The van der Waals surface area contributed by atoms with Gasteiger partial charge in [0, 0.05) is 12.4 Å². The highest BCUT2D eigenvalue weighted by Crippen LogP contribution is 2.03. The van der Waals surface area contributed by atoms with Crippen LogP contribution in [0, 0.1) is 0 Å². The van der Waals surface area contributed by atoms with E-state index >= 15 is 0 Å². The van der Waals surface area contributed by atoms with E-state index in [1.807, 2.05) is 0 Å². The number of carbonyl (C=O) groups is 2. The summed E-state index contributed by atoms with van der Waals surface area (Å²) in [6.07, 6.45) is 2.32. The zero-order chi connectivity index (χ0) is 12.4. The lowest BCUT2D eigenvalue weighted by Gasteiger charge is -2.00. The van der Waals surface area contributed by atoms with Crippen LogP contribution in [-0.4, -0.2) is 27.0 Å². The molecule has 0 aliphatic heterocycles. The number of rotatable bonds is 1. The fraction of sp³-hybridized carbons (Fsp3) is 0. The van der Waals surface area contributed by atoms with Crippen LogP contribution in [-0.2, 0) is 4.74 Å². The molecule has 0 aliphatic carbocycles. The Morgan fingerprint density at radius 1 is 1.41 bits per heavy atom. The summed E-state index contributed by atoms with van der Waals surface area (Å²) in [5.41, 5.74) is 3.98. The molecule has 0 aliphatic rings. The Bertz CT molecular complexity index is 663. The van der Waals surface area contributed by atoms with Crippen LogP contribution in [0.2, 0.25) is 0 Å². The summed E-state index contributed by atoms with van der Waals surface area (Å²) in [5, 5.41) is 0.117. The zero-order valence-corrected chi connectivity index (χ0v) is 8.34. The summed E-state index contributed by atoms with van der Waals surface area (Å²) in [6.45, 7) is 0. The number of amides is 1. The van der Waals surface area contributed by atoms with Crippen molar-refractivity contribution >= 4 is 23.1 Å². The molecule has 8 heteroatoms. The van der Waals surface area contributed by atoms with Gasteiger partial charge in [0.2, 0.25) is 5.43 Å². The molecule has 2 heterocycles. The monoisotopic (exact) mass is 234 g/mol. The number of carbonyl (C=O) groups excluding carboxylic acids is 2. The smallest absolute Gasteiger partial charge is 0.373 e. The molecule has 3 N–H and O–H groups in total. The van der Waals surface area contributed by atoms with Gasteiger partial charge in [0.15, 0.2) is 0 Å². The topological polar surface area (TPSA) is 128 Å². The Kier molecular flexibility index (Phi) is 2.53. The second-order valence-electron chi connectivity index (χ2n) is 3.03. The molecule has 0 saturated carbocycles. The normalized spacial score (nSPS) is 10.1. The predicted octanol–water partition coefficient (Wildman–Crippen LogP) is -0.446. The average Bonchev–Trinajstić information content (AvgIpc) is 2.28. The van der Waals surface area contributed by atoms with E-state index in [9.17, 15) is 14.4 Å². The van der Waals surface area contributed by atoms with Gasteiger partial charge in [-0.05, 0) is 0 Å². The number of nitrogens with zero attached hydrogens (tertiary/aromatic N) is 2. The number of hydrogen-bond donors (Lipinski definition) is 2. The number of hydrogen-bond acceptors (Lipinski definition) is 6. The highest BCUT2D eigenvalue weighted by Gasteiger charge is 2.16.